The molecule has 128 valence electrons. The molecule has 2 aromatic carbocycles. The summed E-state index contributed by atoms with van der Waals surface area (Å²) in [6.45, 7) is 1.97. The smallest absolute Gasteiger partial charge is 0.242 e. The summed E-state index contributed by atoms with van der Waals surface area (Å²) in [7, 11) is 0. The van der Waals surface area contributed by atoms with E-state index in [4.69, 9.17) is 4.42 Å². The summed E-state index contributed by atoms with van der Waals surface area (Å²) in [6.07, 6.45) is 1.79. The number of hydrogen-bond acceptors (Lipinski definition) is 3. The molecule has 2 N–H and O–H groups in total. The summed E-state index contributed by atoms with van der Waals surface area (Å²) in [5, 5.41) is 7.62. The standard InChI is InChI=1S/C20H20N2O3/c1-14(20(24)21-13-17-9-5-11-25-17)22-19(23)12-16-8-4-7-15-6-2-3-10-18(15)16/h2-11,14H,12-13H2,1H3,(H,21,24)(H,22,23). The molecular formula is C20H20N2O3. The Balaban J connectivity index is 1.57. The van der Waals surface area contributed by atoms with E-state index in [-0.39, 0.29) is 18.2 Å². The fraction of sp³-hybridized carbons (Fsp3) is 0.200. The highest BCUT2D eigenvalue weighted by molar-refractivity contribution is 5.92. The van der Waals surface area contributed by atoms with Gasteiger partial charge in [-0.3, -0.25) is 9.59 Å². The maximum atomic E-state index is 12.3. The van der Waals surface area contributed by atoms with E-state index >= 15 is 0 Å². The van der Waals surface area contributed by atoms with Gasteiger partial charge in [-0.2, -0.15) is 0 Å². The van der Waals surface area contributed by atoms with Gasteiger partial charge in [0.2, 0.25) is 11.8 Å². The van der Waals surface area contributed by atoms with Gasteiger partial charge in [0.25, 0.3) is 0 Å². The van der Waals surface area contributed by atoms with Gasteiger partial charge in [-0.15, -0.1) is 0 Å². The highest BCUT2D eigenvalue weighted by atomic mass is 16.3. The molecule has 0 saturated carbocycles. The lowest BCUT2D eigenvalue weighted by atomic mass is 10.0. The van der Waals surface area contributed by atoms with E-state index in [1.54, 1.807) is 25.3 Å². The van der Waals surface area contributed by atoms with Crippen LogP contribution < -0.4 is 10.6 Å². The Morgan fingerprint density at radius 2 is 1.84 bits per heavy atom. The molecular weight excluding hydrogens is 316 g/mol. The van der Waals surface area contributed by atoms with Gasteiger partial charge in [0, 0.05) is 0 Å². The molecule has 0 aliphatic rings. The van der Waals surface area contributed by atoms with E-state index in [2.05, 4.69) is 10.6 Å². The van der Waals surface area contributed by atoms with E-state index in [1.807, 2.05) is 42.5 Å². The molecule has 3 aromatic rings. The van der Waals surface area contributed by atoms with Crippen LogP contribution in [0.1, 0.15) is 18.2 Å². The normalized spacial score (nSPS) is 11.9. The summed E-state index contributed by atoms with van der Waals surface area (Å²) < 4.78 is 5.16. The van der Waals surface area contributed by atoms with E-state index < -0.39 is 6.04 Å². The molecule has 1 aromatic heterocycles. The topological polar surface area (TPSA) is 71.3 Å². The molecule has 5 nitrogen and oxygen atoms in total. The van der Waals surface area contributed by atoms with Crippen LogP contribution in [0.15, 0.2) is 65.3 Å². The van der Waals surface area contributed by atoms with Crippen LogP contribution in [0.3, 0.4) is 0 Å². The van der Waals surface area contributed by atoms with E-state index in [0.29, 0.717) is 12.3 Å². The van der Waals surface area contributed by atoms with E-state index in [0.717, 1.165) is 16.3 Å². The zero-order valence-corrected chi connectivity index (χ0v) is 14.0. The minimum Gasteiger partial charge on any atom is -0.467 e. The Morgan fingerprint density at radius 3 is 2.64 bits per heavy atom. The molecule has 0 fully saturated rings. The third-order valence-corrected chi connectivity index (χ3v) is 4.02. The van der Waals surface area contributed by atoms with Crippen molar-refractivity contribution in [2.24, 2.45) is 0 Å². The number of carbonyl (C=O) groups excluding carboxylic acids is 2. The number of benzene rings is 2. The van der Waals surface area contributed by atoms with Crippen molar-refractivity contribution < 1.29 is 14.0 Å². The maximum Gasteiger partial charge on any atom is 0.242 e. The van der Waals surface area contributed by atoms with E-state index in [1.165, 1.54) is 0 Å². The lowest BCUT2D eigenvalue weighted by molar-refractivity contribution is -0.128. The second-order valence-corrected chi connectivity index (χ2v) is 5.90. The fourth-order valence-corrected chi connectivity index (χ4v) is 2.72. The second kappa shape index (κ2) is 7.66. The number of hydrogen-bond donors (Lipinski definition) is 2. The largest absolute Gasteiger partial charge is 0.467 e. The Bertz CT molecular complexity index is 866. The maximum absolute atomic E-state index is 12.3. The van der Waals surface area contributed by atoms with Crippen LogP contribution in [0.25, 0.3) is 10.8 Å². The molecule has 1 unspecified atom stereocenters. The zero-order chi connectivity index (χ0) is 17.6. The summed E-state index contributed by atoms with van der Waals surface area (Å²) in [5.74, 6) is 0.238. The lowest BCUT2D eigenvalue weighted by Crippen LogP contribution is -2.45. The van der Waals surface area contributed by atoms with Gasteiger partial charge in [0.05, 0.1) is 19.2 Å². The average molecular weight is 336 g/mol. The van der Waals surface area contributed by atoms with Crippen LogP contribution in [0.4, 0.5) is 0 Å². The minimum atomic E-state index is -0.613. The van der Waals surface area contributed by atoms with Crippen molar-refractivity contribution in [2.45, 2.75) is 25.9 Å². The highest BCUT2D eigenvalue weighted by Gasteiger charge is 2.16. The Kier molecular flexibility index (Phi) is 5.14. The highest BCUT2D eigenvalue weighted by Crippen LogP contribution is 2.18. The first-order valence-electron chi connectivity index (χ1n) is 8.19. The molecule has 0 aliphatic carbocycles. The monoisotopic (exact) mass is 336 g/mol. The molecule has 0 saturated heterocycles. The predicted molar refractivity (Wildman–Crippen MR) is 95.8 cm³/mol. The van der Waals surface area contributed by atoms with Gasteiger partial charge in [0.15, 0.2) is 0 Å². The van der Waals surface area contributed by atoms with Crippen molar-refractivity contribution in [3.8, 4) is 0 Å². The minimum absolute atomic E-state index is 0.183. The summed E-state index contributed by atoms with van der Waals surface area (Å²) >= 11 is 0. The van der Waals surface area contributed by atoms with Crippen molar-refractivity contribution in [1.82, 2.24) is 10.6 Å². The Morgan fingerprint density at radius 1 is 1.04 bits per heavy atom. The molecule has 0 radical (unpaired) electrons. The van der Waals surface area contributed by atoms with Crippen molar-refractivity contribution >= 4 is 22.6 Å². The fourth-order valence-electron chi connectivity index (χ4n) is 2.72. The molecule has 0 bridgehead atoms. The molecule has 3 rings (SSSR count). The van der Waals surface area contributed by atoms with Gasteiger partial charge < -0.3 is 15.1 Å². The number of amides is 2. The zero-order valence-electron chi connectivity index (χ0n) is 14.0. The van der Waals surface area contributed by atoms with Crippen molar-refractivity contribution in [3.63, 3.8) is 0 Å². The third-order valence-electron chi connectivity index (χ3n) is 4.02. The van der Waals surface area contributed by atoms with Crippen LogP contribution in [-0.2, 0) is 22.6 Å². The Labute approximate surface area is 146 Å². The predicted octanol–water partition coefficient (Wildman–Crippen LogP) is 2.80. The Hall–Kier alpha value is -3.08. The van der Waals surface area contributed by atoms with Crippen LogP contribution in [0, 0.1) is 0 Å². The number of nitrogens with one attached hydrogen (secondary N) is 2. The average Bonchev–Trinajstić information content (AvgIpc) is 3.13. The van der Waals surface area contributed by atoms with Gasteiger partial charge in [0.1, 0.15) is 11.8 Å². The van der Waals surface area contributed by atoms with Gasteiger partial charge in [-0.05, 0) is 35.4 Å². The lowest BCUT2D eigenvalue weighted by Gasteiger charge is -2.14. The molecule has 0 spiro atoms. The van der Waals surface area contributed by atoms with Crippen LogP contribution in [0.2, 0.25) is 0 Å². The van der Waals surface area contributed by atoms with Crippen molar-refractivity contribution in [1.29, 1.82) is 0 Å². The first kappa shape index (κ1) is 16.8. The first-order valence-corrected chi connectivity index (χ1v) is 8.19. The first-order chi connectivity index (χ1) is 12.1. The second-order valence-electron chi connectivity index (χ2n) is 5.90. The van der Waals surface area contributed by atoms with Gasteiger partial charge in [-0.25, -0.2) is 0 Å². The van der Waals surface area contributed by atoms with Gasteiger partial charge >= 0.3 is 0 Å². The van der Waals surface area contributed by atoms with Crippen LogP contribution in [-0.4, -0.2) is 17.9 Å². The molecule has 0 aliphatic heterocycles. The number of furan rings is 1. The number of rotatable bonds is 6. The summed E-state index contributed by atoms with van der Waals surface area (Å²) in [6, 6.07) is 16.7. The third kappa shape index (κ3) is 4.26. The SMILES string of the molecule is CC(NC(=O)Cc1cccc2ccccc12)C(=O)NCc1ccco1. The van der Waals surface area contributed by atoms with Gasteiger partial charge in [-0.1, -0.05) is 42.5 Å². The van der Waals surface area contributed by atoms with E-state index in [9.17, 15) is 9.59 Å². The van der Waals surface area contributed by atoms with Crippen molar-refractivity contribution in [2.75, 3.05) is 0 Å². The quantitative estimate of drug-likeness (QED) is 0.727. The number of carbonyl (C=O) groups is 2. The van der Waals surface area contributed by atoms with Crippen LogP contribution >= 0.6 is 0 Å². The molecule has 25 heavy (non-hydrogen) atoms. The molecule has 5 heteroatoms. The van der Waals surface area contributed by atoms with Crippen molar-refractivity contribution in [3.05, 3.63) is 72.2 Å². The van der Waals surface area contributed by atoms with Crippen LogP contribution in [0.5, 0.6) is 0 Å². The molecule has 1 atom stereocenters. The molecule has 1 heterocycles. The number of fused-ring (bicyclic) bond motifs is 1. The molecule has 2 amide bonds. The summed E-state index contributed by atoms with van der Waals surface area (Å²) in [5.41, 5.74) is 0.943. The summed E-state index contributed by atoms with van der Waals surface area (Å²) in [4.78, 5) is 24.4.